The van der Waals surface area contributed by atoms with Crippen molar-refractivity contribution in [2.45, 2.75) is 20.3 Å². The molecule has 0 aromatic carbocycles. The van der Waals surface area contributed by atoms with Crippen LogP contribution in [0.5, 0.6) is 0 Å². The van der Waals surface area contributed by atoms with Crippen molar-refractivity contribution in [3.8, 4) is 0 Å². The molecule has 4 heteroatoms. The number of nitrogens with zero attached hydrogens (tertiary/aromatic N) is 2. The van der Waals surface area contributed by atoms with Gasteiger partial charge in [0.25, 0.3) is 0 Å². The predicted octanol–water partition coefficient (Wildman–Crippen LogP) is 2.24. The molecular formula is C13H22N2O2. The van der Waals surface area contributed by atoms with E-state index in [9.17, 15) is 4.79 Å². The second-order valence-corrected chi connectivity index (χ2v) is 4.01. The van der Waals surface area contributed by atoms with Crippen molar-refractivity contribution in [2.75, 3.05) is 32.8 Å². The SMILES string of the molecule is C=C/C(=C/C)N1CCN(C(=O)OCCC)CC1. The molecule has 0 radical (unpaired) electrons. The van der Waals surface area contributed by atoms with Crippen molar-refractivity contribution in [3.05, 3.63) is 24.4 Å². The summed E-state index contributed by atoms with van der Waals surface area (Å²) in [5, 5.41) is 0. The third-order valence-corrected chi connectivity index (χ3v) is 2.84. The minimum Gasteiger partial charge on any atom is -0.449 e. The summed E-state index contributed by atoms with van der Waals surface area (Å²) in [6.07, 6.45) is 4.57. The van der Waals surface area contributed by atoms with E-state index in [-0.39, 0.29) is 6.09 Å². The standard InChI is InChI=1S/C13H22N2O2/c1-4-11-17-13(16)15-9-7-14(8-10-15)12(5-2)6-3/h5-6H,2,4,7-11H2,1,3H3/b12-6-. The quantitative estimate of drug-likeness (QED) is 0.704. The Kier molecular flexibility index (Phi) is 5.60. The van der Waals surface area contributed by atoms with E-state index in [0.29, 0.717) is 19.7 Å². The normalized spacial score (nSPS) is 16.9. The van der Waals surface area contributed by atoms with Crippen LogP contribution in [-0.2, 0) is 4.74 Å². The molecule has 1 saturated heterocycles. The lowest BCUT2D eigenvalue weighted by molar-refractivity contribution is 0.0838. The van der Waals surface area contributed by atoms with Crippen LogP contribution in [0.25, 0.3) is 0 Å². The molecule has 0 atom stereocenters. The molecule has 0 spiro atoms. The molecule has 1 amide bonds. The van der Waals surface area contributed by atoms with Gasteiger partial charge in [-0.1, -0.05) is 19.6 Å². The molecule has 0 saturated carbocycles. The Morgan fingerprint density at radius 3 is 2.35 bits per heavy atom. The predicted molar refractivity (Wildman–Crippen MR) is 68.7 cm³/mol. The van der Waals surface area contributed by atoms with Crippen molar-refractivity contribution < 1.29 is 9.53 Å². The lowest BCUT2D eigenvalue weighted by Gasteiger charge is -2.35. The first kappa shape index (κ1) is 13.6. The number of hydrogen-bond donors (Lipinski definition) is 0. The van der Waals surface area contributed by atoms with Crippen molar-refractivity contribution in [1.82, 2.24) is 9.80 Å². The van der Waals surface area contributed by atoms with Crippen molar-refractivity contribution in [1.29, 1.82) is 0 Å². The van der Waals surface area contributed by atoms with Gasteiger partial charge < -0.3 is 14.5 Å². The Bertz CT molecular complexity index is 292. The molecule has 17 heavy (non-hydrogen) atoms. The number of ether oxygens (including phenoxy) is 1. The Morgan fingerprint density at radius 2 is 1.88 bits per heavy atom. The lowest BCUT2D eigenvalue weighted by Crippen LogP contribution is -2.48. The Hall–Kier alpha value is -1.45. The van der Waals surface area contributed by atoms with Gasteiger partial charge in [-0.15, -0.1) is 0 Å². The maximum absolute atomic E-state index is 11.6. The van der Waals surface area contributed by atoms with Crippen LogP contribution in [0.4, 0.5) is 4.79 Å². The van der Waals surface area contributed by atoms with Gasteiger partial charge in [-0.05, 0) is 19.4 Å². The number of hydrogen-bond acceptors (Lipinski definition) is 3. The molecule has 1 rings (SSSR count). The largest absolute Gasteiger partial charge is 0.449 e. The third-order valence-electron chi connectivity index (χ3n) is 2.84. The number of piperazine rings is 1. The van der Waals surface area contributed by atoms with E-state index in [1.54, 1.807) is 4.90 Å². The van der Waals surface area contributed by atoms with Crippen LogP contribution in [0.3, 0.4) is 0 Å². The first-order chi connectivity index (χ1) is 8.22. The summed E-state index contributed by atoms with van der Waals surface area (Å²) in [4.78, 5) is 15.6. The van der Waals surface area contributed by atoms with Gasteiger partial charge in [0, 0.05) is 31.9 Å². The van der Waals surface area contributed by atoms with Crippen LogP contribution >= 0.6 is 0 Å². The lowest BCUT2D eigenvalue weighted by atomic mass is 10.2. The van der Waals surface area contributed by atoms with Gasteiger partial charge >= 0.3 is 6.09 Å². The van der Waals surface area contributed by atoms with Gasteiger partial charge in [-0.3, -0.25) is 0 Å². The van der Waals surface area contributed by atoms with E-state index in [4.69, 9.17) is 4.74 Å². The Labute approximate surface area is 104 Å². The monoisotopic (exact) mass is 238 g/mol. The molecule has 0 aliphatic carbocycles. The van der Waals surface area contributed by atoms with Crippen LogP contribution in [0, 0.1) is 0 Å². The van der Waals surface area contributed by atoms with Crippen molar-refractivity contribution in [3.63, 3.8) is 0 Å². The Balaban J connectivity index is 2.40. The van der Waals surface area contributed by atoms with Crippen molar-refractivity contribution in [2.24, 2.45) is 0 Å². The number of amides is 1. The molecule has 0 bridgehead atoms. The molecule has 0 aromatic heterocycles. The summed E-state index contributed by atoms with van der Waals surface area (Å²) in [5.74, 6) is 0. The fraction of sp³-hybridized carbons (Fsp3) is 0.615. The zero-order valence-electron chi connectivity index (χ0n) is 10.8. The summed E-state index contributed by atoms with van der Waals surface area (Å²) >= 11 is 0. The maximum Gasteiger partial charge on any atom is 0.409 e. The van der Waals surface area contributed by atoms with Gasteiger partial charge in [0.1, 0.15) is 0 Å². The molecule has 96 valence electrons. The number of carbonyl (C=O) groups excluding carboxylic acids is 1. The Morgan fingerprint density at radius 1 is 1.29 bits per heavy atom. The topological polar surface area (TPSA) is 32.8 Å². The van der Waals surface area contributed by atoms with E-state index in [1.165, 1.54) is 0 Å². The summed E-state index contributed by atoms with van der Waals surface area (Å²) < 4.78 is 5.11. The van der Waals surface area contributed by atoms with Gasteiger partial charge in [0.15, 0.2) is 0 Å². The average molecular weight is 238 g/mol. The highest BCUT2D eigenvalue weighted by Crippen LogP contribution is 2.11. The van der Waals surface area contributed by atoms with Gasteiger partial charge in [-0.25, -0.2) is 4.79 Å². The molecular weight excluding hydrogens is 216 g/mol. The fourth-order valence-electron chi connectivity index (χ4n) is 1.86. The first-order valence-corrected chi connectivity index (χ1v) is 6.18. The molecule has 1 aliphatic heterocycles. The summed E-state index contributed by atoms with van der Waals surface area (Å²) in [6, 6.07) is 0. The van der Waals surface area contributed by atoms with E-state index < -0.39 is 0 Å². The second kappa shape index (κ2) is 6.99. The van der Waals surface area contributed by atoms with E-state index in [0.717, 1.165) is 25.2 Å². The van der Waals surface area contributed by atoms with Crippen LogP contribution in [0.1, 0.15) is 20.3 Å². The summed E-state index contributed by atoms with van der Waals surface area (Å²) in [5.41, 5.74) is 1.13. The summed E-state index contributed by atoms with van der Waals surface area (Å²) in [7, 11) is 0. The molecule has 0 aromatic rings. The van der Waals surface area contributed by atoms with Crippen LogP contribution < -0.4 is 0 Å². The van der Waals surface area contributed by atoms with E-state index in [1.807, 2.05) is 26.0 Å². The molecule has 1 fully saturated rings. The van der Waals surface area contributed by atoms with Crippen LogP contribution in [0.2, 0.25) is 0 Å². The number of carbonyl (C=O) groups is 1. The van der Waals surface area contributed by atoms with E-state index >= 15 is 0 Å². The fourth-order valence-corrected chi connectivity index (χ4v) is 1.86. The van der Waals surface area contributed by atoms with Gasteiger partial charge in [0.05, 0.1) is 6.61 Å². The smallest absolute Gasteiger partial charge is 0.409 e. The molecule has 1 aliphatic rings. The van der Waals surface area contributed by atoms with Gasteiger partial charge in [0.2, 0.25) is 0 Å². The highest BCUT2D eigenvalue weighted by molar-refractivity contribution is 5.67. The number of rotatable bonds is 4. The zero-order valence-corrected chi connectivity index (χ0v) is 10.8. The van der Waals surface area contributed by atoms with Crippen LogP contribution in [0.15, 0.2) is 24.4 Å². The molecule has 0 N–H and O–H groups in total. The minimum absolute atomic E-state index is 0.188. The highest BCUT2D eigenvalue weighted by atomic mass is 16.6. The third kappa shape index (κ3) is 3.80. The van der Waals surface area contributed by atoms with E-state index in [2.05, 4.69) is 11.5 Å². The first-order valence-electron chi connectivity index (χ1n) is 6.18. The minimum atomic E-state index is -0.188. The summed E-state index contributed by atoms with van der Waals surface area (Å²) in [6.45, 7) is 11.4. The molecule has 0 unspecified atom stereocenters. The zero-order chi connectivity index (χ0) is 12.7. The average Bonchev–Trinajstić information content (AvgIpc) is 2.38. The van der Waals surface area contributed by atoms with Gasteiger partial charge in [-0.2, -0.15) is 0 Å². The highest BCUT2D eigenvalue weighted by Gasteiger charge is 2.21. The van der Waals surface area contributed by atoms with Crippen LogP contribution in [-0.4, -0.2) is 48.7 Å². The molecule has 1 heterocycles. The van der Waals surface area contributed by atoms with Crippen molar-refractivity contribution >= 4 is 6.09 Å². The molecule has 4 nitrogen and oxygen atoms in total. The number of allylic oxidation sites excluding steroid dienone is 2. The second-order valence-electron chi connectivity index (χ2n) is 4.01. The maximum atomic E-state index is 11.6.